The van der Waals surface area contributed by atoms with Gasteiger partial charge in [0.2, 0.25) is 5.89 Å². The summed E-state index contributed by atoms with van der Waals surface area (Å²) < 4.78 is 5.28. The van der Waals surface area contributed by atoms with Crippen molar-refractivity contribution in [1.82, 2.24) is 20.4 Å². The lowest BCUT2D eigenvalue weighted by Crippen LogP contribution is -2.40. The minimum atomic E-state index is -0.00636. The van der Waals surface area contributed by atoms with Crippen LogP contribution in [-0.2, 0) is 6.54 Å². The zero-order valence-electron chi connectivity index (χ0n) is 14.6. The zero-order valence-corrected chi connectivity index (χ0v) is 14.6. The number of amides is 2. The Bertz CT molecular complexity index is 590. The number of carbonyl (C=O) groups excluding carboxylic acids is 1. The van der Waals surface area contributed by atoms with Crippen molar-refractivity contribution in [3.8, 4) is 0 Å². The second-order valence-corrected chi connectivity index (χ2v) is 7.85. The van der Waals surface area contributed by atoms with E-state index in [0.717, 1.165) is 25.3 Å². The van der Waals surface area contributed by atoms with E-state index in [1.165, 1.54) is 38.5 Å². The number of urea groups is 1. The van der Waals surface area contributed by atoms with Gasteiger partial charge in [0.1, 0.15) is 0 Å². The van der Waals surface area contributed by atoms with Crippen molar-refractivity contribution in [2.24, 2.45) is 11.3 Å². The van der Waals surface area contributed by atoms with Crippen molar-refractivity contribution >= 4 is 6.03 Å². The largest absolute Gasteiger partial charge is 0.339 e. The lowest BCUT2D eigenvalue weighted by Gasteiger charge is -2.23. The summed E-state index contributed by atoms with van der Waals surface area (Å²) in [5, 5.41) is 7.15. The highest BCUT2D eigenvalue weighted by Gasteiger charge is 2.53. The molecule has 0 bridgehead atoms. The molecule has 0 radical (unpaired) electrons. The molecule has 6 heteroatoms. The van der Waals surface area contributed by atoms with Crippen molar-refractivity contribution in [1.29, 1.82) is 0 Å². The Labute approximate surface area is 143 Å². The van der Waals surface area contributed by atoms with Crippen LogP contribution < -0.4 is 5.32 Å². The highest BCUT2D eigenvalue weighted by Crippen LogP contribution is 2.60. The molecule has 3 aliphatic rings. The Hall–Kier alpha value is -1.59. The normalized spacial score (nSPS) is 24.8. The van der Waals surface area contributed by atoms with Gasteiger partial charge in [-0.3, -0.25) is 0 Å². The Morgan fingerprint density at radius 1 is 1.33 bits per heavy atom. The van der Waals surface area contributed by atoms with Crippen molar-refractivity contribution in [3.63, 3.8) is 0 Å². The van der Waals surface area contributed by atoms with Crippen LogP contribution in [0, 0.1) is 11.3 Å². The molecule has 3 fully saturated rings. The van der Waals surface area contributed by atoms with E-state index in [0.29, 0.717) is 36.2 Å². The molecule has 1 heterocycles. The zero-order chi connectivity index (χ0) is 16.6. The van der Waals surface area contributed by atoms with Gasteiger partial charge in [-0.1, -0.05) is 24.4 Å². The number of nitrogens with one attached hydrogen (secondary N) is 1. The maximum Gasteiger partial charge on any atom is 0.317 e. The van der Waals surface area contributed by atoms with Gasteiger partial charge in [-0.2, -0.15) is 4.98 Å². The molecule has 3 saturated carbocycles. The van der Waals surface area contributed by atoms with Gasteiger partial charge in [0.15, 0.2) is 5.82 Å². The molecule has 4 rings (SSSR count). The summed E-state index contributed by atoms with van der Waals surface area (Å²) in [6.45, 7) is 3.87. The first-order valence-electron chi connectivity index (χ1n) is 9.55. The van der Waals surface area contributed by atoms with Crippen molar-refractivity contribution in [3.05, 3.63) is 11.7 Å². The molecule has 1 unspecified atom stereocenters. The van der Waals surface area contributed by atoms with E-state index in [-0.39, 0.29) is 6.03 Å². The minimum Gasteiger partial charge on any atom is -0.339 e. The number of rotatable bonds is 6. The van der Waals surface area contributed by atoms with Crippen LogP contribution in [0.3, 0.4) is 0 Å². The summed E-state index contributed by atoms with van der Waals surface area (Å²) in [7, 11) is 0. The van der Waals surface area contributed by atoms with E-state index >= 15 is 0 Å². The van der Waals surface area contributed by atoms with Gasteiger partial charge >= 0.3 is 6.03 Å². The summed E-state index contributed by atoms with van der Waals surface area (Å²) in [5.74, 6) is 2.49. The molecule has 24 heavy (non-hydrogen) atoms. The molecule has 1 aromatic rings. The van der Waals surface area contributed by atoms with Crippen LogP contribution in [-0.4, -0.2) is 34.2 Å². The van der Waals surface area contributed by atoms with Gasteiger partial charge in [-0.15, -0.1) is 0 Å². The smallest absolute Gasteiger partial charge is 0.317 e. The molecule has 6 nitrogen and oxygen atoms in total. The van der Waals surface area contributed by atoms with E-state index in [1.807, 2.05) is 6.92 Å². The fourth-order valence-electron chi connectivity index (χ4n) is 4.24. The lowest BCUT2D eigenvalue weighted by atomic mass is 9.84. The van der Waals surface area contributed by atoms with E-state index < -0.39 is 0 Å². The van der Waals surface area contributed by atoms with Crippen molar-refractivity contribution in [2.45, 2.75) is 70.8 Å². The second kappa shape index (κ2) is 6.37. The van der Waals surface area contributed by atoms with Gasteiger partial charge in [0.25, 0.3) is 0 Å². The summed E-state index contributed by atoms with van der Waals surface area (Å²) in [6.07, 6.45) is 10.4. The van der Waals surface area contributed by atoms with Crippen LogP contribution >= 0.6 is 0 Å². The minimum absolute atomic E-state index is 0.00636. The summed E-state index contributed by atoms with van der Waals surface area (Å²) in [4.78, 5) is 18.6. The molecule has 0 saturated heterocycles. The van der Waals surface area contributed by atoms with Crippen molar-refractivity contribution in [2.75, 3.05) is 13.1 Å². The van der Waals surface area contributed by atoms with E-state index in [9.17, 15) is 4.79 Å². The van der Waals surface area contributed by atoms with E-state index in [1.54, 1.807) is 4.90 Å². The summed E-state index contributed by atoms with van der Waals surface area (Å²) in [6, 6.07) is -0.00636. The first-order chi connectivity index (χ1) is 11.7. The summed E-state index contributed by atoms with van der Waals surface area (Å²) >= 11 is 0. The third kappa shape index (κ3) is 3.28. The van der Waals surface area contributed by atoms with Crippen molar-refractivity contribution < 1.29 is 9.32 Å². The number of carbonyl (C=O) groups is 1. The van der Waals surface area contributed by atoms with E-state index in [2.05, 4.69) is 15.5 Å². The Kier molecular flexibility index (Phi) is 4.22. The molecule has 1 N–H and O–H groups in total. The quantitative estimate of drug-likeness (QED) is 0.866. The number of hydrogen-bond acceptors (Lipinski definition) is 4. The molecule has 1 aromatic heterocycles. The Morgan fingerprint density at radius 2 is 2.12 bits per heavy atom. The summed E-state index contributed by atoms with van der Waals surface area (Å²) in [5.41, 5.74) is 0.565. The van der Waals surface area contributed by atoms with Crippen LogP contribution in [0.2, 0.25) is 0 Å². The first-order valence-corrected chi connectivity index (χ1v) is 9.55. The fraction of sp³-hybridized carbons (Fsp3) is 0.833. The number of nitrogens with zero attached hydrogens (tertiary/aromatic N) is 3. The standard InChI is InChI=1S/C18H28N4O2/c1-2-22(12-15-20-16(24-21-15)13-6-7-13)17(23)19-11-14-10-18(14)8-4-3-5-9-18/h13-14H,2-12H2,1H3,(H,19,23). The third-order valence-corrected chi connectivity index (χ3v) is 6.12. The highest BCUT2D eigenvalue weighted by molar-refractivity contribution is 5.74. The molecule has 1 atom stereocenters. The van der Waals surface area contributed by atoms with E-state index in [4.69, 9.17) is 4.52 Å². The monoisotopic (exact) mass is 332 g/mol. The van der Waals surface area contributed by atoms with Gasteiger partial charge in [-0.05, 0) is 50.4 Å². The Balaban J connectivity index is 1.26. The average molecular weight is 332 g/mol. The first kappa shape index (κ1) is 15.9. The maximum atomic E-state index is 12.5. The Morgan fingerprint density at radius 3 is 2.83 bits per heavy atom. The molecular formula is C18H28N4O2. The molecular weight excluding hydrogens is 304 g/mol. The molecule has 2 amide bonds. The SMILES string of the molecule is CCN(Cc1noc(C2CC2)n1)C(=O)NCC1CC12CCCCC2. The fourth-order valence-corrected chi connectivity index (χ4v) is 4.24. The van der Waals surface area contributed by atoms with Crippen LogP contribution in [0.4, 0.5) is 4.79 Å². The lowest BCUT2D eigenvalue weighted by molar-refractivity contribution is 0.194. The molecule has 1 spiro atoms. The maximum absolute atomic E-state index is 12.5. The van der Waals surface area contributed by atoms with Gasteiger partial charge in [0.05, 0.1) is 6.54 Å². The van der Waals surface area contributed by atoms with Crippen LogP contribution in [0.5, 0.6) is 0 Å². The van der Waals surface area contributed by atoms with Gasteiger partial charge in [-0.25, -0.2) is 4.79 Å². The average Bonchev–Trinajstić information content (AvgIpc) is 3.51. The number of aromatic nitrogens is 2. The van der Waals surface area contributed by atoms with Crippen LogP contribution in [0.25, 0.3) is 0 Å². The third-order valence-electron chi connectivity index (χ3n) is 6.12. The number of hydrogen-bond donors (Lipinski definition) is 1. The van der Waals surface area contributed by atoms with Gasteiger partial charge in [0, 0.05) is 19.0 Å². The molecule has 3 aliphatic carbocycles. The van der Waals surface area contributed by atoms with Crippen LogP contribution in [0.1, 0.15) is 75.9 Å². The topological polar surface area (TPSA) is 71.3 Å². The van der Waals surface area contributed by atoms with Gasteiger partial charge < -0.3 is 14.7 Å². The van der Waals surface area contributed by atoms with Crippen LogP contribution in [0.15, 0.2) is 4.52 Å². The predicted molar refractivity (Wildman–Crippen MR) is 89.4 cm³/mol. The molecule has 0 aromatic carbocycles. The predicted octanol–water partition coefficient (Wildman–Crippen LogP) is 3.45. The molecule has 132 valence electrons. The highest BCUT2D eigenvalue weighted by atomic mass is 16.5. The molecule has 0 aliphatic heterocycles. The second-order valence-electron chi connectivity index (χ2n) is 7.85.